The summed E-state index contributed by atoms with van der Waals surface area (Å²) in [6.07, 6.45) is 3.18. The minimum Gasteiger partial charge on any atom is -0.466 e. The van der Waals surface area contributed by atoms with Gasteiger partial charge in [0.1, 0.15) is 5.75 Å². The molecule has 4 nitrogen and oxygen atoms in total. The van der Waals surface area contributed by atoms with Gasteiger partial charge in [0.05, 0.1) is 6.20 Å². The number of ether oxygens (including phenoxy) is 2. The predicted octanol–water partition coefficient (Wildman–Crippen LogP) is 2.19. The Bertz CT molecular complexity index is 372. The zero-order valence-corrected chi connectivity index (χ0v) is 11.7. The van der Waals surface area contributed by atoms with E-state index in [-0.39, 0.29) is 18.8 Å². The average molecular weight is 253 g/mol. The van der Waals surface area contributed by atoms with Crippen LogP contribution in [0.2, 0.25) is 0 Å². The summed E-state index contributed by atoms with van der Waals surface area (Å²) in [6.45, 7) is 6.82. The molecule has 18 heavy (non-hydrogen) atoms. The Kier molecular flexibility index (Phi) is 5.56. The van der Waals surface area contributed by atoms with Crippen LogP contribution in [0.3, 0.4) is 0 Å². The number of hydrogen-bond donors (Lipinski definition) is 1. The SMILES string of the molecule is COCOc1cnc(CC(C)(C)C)cc1CCO. The number of aliphatic hydroxyl groups is 1. The topological polar surface area (TPSA) is 51.6 Å². The lowest BCUT2D eigenvalue weighted by Gasteiger charge is -2.18. The number of aliphatic hydroxyl groups excluding tert-OH is 1. The van der Waals surface area contributed by atoms with E-state index >= 15 is 0 Å². The van der Waals surface area contributed by atoms with Crippen molar-refractivity contribution >= 4 is 0 Å². The zero-order chi connectivity index (χ0) is 13.6. The van der Waals surface area contributed by atoms with E-state index in [4.69, 9.17) is 14.6 Å². The molecule has 0 spiro atoms. The van der Waals surface area contributed by atoms with Gasteiger partial charge in [0, 0.05) is 19.4 Å². The summed E-state index contributed by atoms with van der Waals surface area (Å²) in [4.78, 5) is 4.40. The van der Waals surface area contributed by atoms with Gasteiger partial charge in [-0.15, -0.1) is 0 Å². The van der Waals surface area contributed by atoms with E-state index < -0.39 is 0 Å². The summed E-state index contributed by atoms with van der Waals surface area (Å²) >= 11 is 0. The van der Waals surface area contributed by atoms with Crippen molar-refractivity contribution in [3.63, 3.8) is 0 Å². The summed E-state index contributed by atoms with van der Waals surface area (Å²) in [7, 11) is 1.58. The first-order valence-corrected chi connectivity index (χ1v) is 6.16. The van der Waals surface area contributed by atoms with Crippen LogP contribution in [0.5, 0.6) is 5.75 Å². The van der Waals surface area contributed by atoms with Crippen LogP contribution in [0.4, 0.5) is 0 Å². The van der Waals surface area contributed by atoms with Gasteiger partial charge in [0.15, 0.2) is 6.79 Å². The summed E-state index contributed by atoms with van der Waals surface area (Å²) in [5.74, 6) is 0.684. The minimum atomic E-state index is 0.0995. The molecule has 1 aromatic rings. The quantitative estimate of drug-likeness (QED) is 0.790. The summed E-state index contributed by atoms with van der Waals surface area (Å²) < 4.78 is 10.3. The maximum absolute atomic E-state index is 9.09. The van der Waals surface area contributed by atoms with Gasteiger partial charge < -0.3 is 14.6 Å². The molecule has 0 bridgehead atoms. The van der Waals surface area contributed by atoms with Crippen molar-refractivity contribution in [2.75, 3.05) is 20.5 Å². The first kappa shape index (κ1) is 14.9. The van der Waals surface area contributed by atoms with Crippen LogP contribution >= 0.6 is 0 Å². The summed E-state index contributed by atoms with van der Waals surface area (Å²) in [6, 6.07) is 2.01. The molecule has 0 fully saturated rings. The number of nitrogens with zero attached hydrogens (tertiary/aromatic N) is 1. The second kappa shape index (κ2) is 6.71. The van der Waals surface area contributed by atoms with Crippen LogP contribution in [0.15, 0.2) is 12.3 Å². The fourth-order valence-electron chi connectivity index (χ4n) is 1.74. The Morgan fingerprint density at radius 1 is 1.33 bits per heavy atom. The fourth-order valence-corrected chi connectivity index (χ4v) is 1.74. The second-order valence-corrected chi connectivity index (χ2v) is 5.55. The molecular formula is C14H23NO3. The number of methoxy groups -OCH3 is 1. The van der Waals surface area contributed by atoms with E-state index in [1.807, 2.05) is 6.07 Å². The molecule has 102 valence electrons. The molecule has 1 rings (SSSR count). The Morgan fingerprint density at radius 3 is 2.61 bits per heavy atom. The molecule has 1 N–H and O–H groups in total. The number of aromatic nitrogens is 1. The van der Waals surface area contributed by atoms with Gasteiger partial charge in [-0.2, -0.15) is 0 Å². The Morgan fingerprint density at radius 2 is 2.06 bits per heavy atom. The molecule has 1 aromatic heterocycles. The predicted molar refractivity (Wildman–Crippen MR) is 70.7 cm³/mol. The third-order valence-electron chi connectivity index (χ3n) is 2.43. The van der Waals surface area contributed by atoms with Crippen molar-refractivity contribution in [1.82, 2.24) is 4.98 Å². The zero-order valence-electron chi connectivity index (χ0n) is 11.7. The normalized spacial score (nSPS) is 11.6. The highest BCUT2D eigenvalue weighted by Crippen LogP contribution is 2.24. The molecule has 1 heterocycles. The van der Waals surface area contributed by atoms with Gasteiger partial charge in [-0.05, 0) is 29.9 Å². The molecule has 0 aliphatic carbocycles. The monoisotopic (exact) mass is 253 g/mol. The van der Waals surface area contributed by atoms with E-state index in [1.54, 1.807) is 13.3 Å². The highest BCUT2D eigenvalue weighted by Gasteiger charge is 2.14. The molecular weight excluding hydrogens is 230 g/mol. The van der Waals surface area contributed by atoms with E-state index in [1.165, 1.54) is 0 Å². The molecule has 0 saturated heterocycles. The highest BCUT2D eigenvalue weighted by molar-refractivity contribution is 5.33. The summed E-state index contributed by atoms with van der Waals surface area (Å²) in [5.41, 5.74) is 2.19. The van der Waals surface area contributed by atoms with Crippen LogP contribution in [0.25, 0.3) is 0 Å². The first-order chi connectivity index (χ1) is 8.46. The van der Waals surface area contributed by atoms with Crippen LogP contribution in [0, 0.1) is 5.41 Å². The van der Waals surface area contributed by atoms with Crippen LogP contribution in [-0.4, -0.2) is 30.6 Å². The van der Waals surface area contributed by atoms with Gasteiger partial charge in [-0.3, -0.25) is 4.98 Å². The third kappa shape index (κ3) is 5.02. The van der Waals surface area contributed by atoms with E-state index in [0.717, 1.165) is 17.7 Å². The molecule has 0 amide bonds. The third-order valence-corrected chi connectivity index (χ3v) is 2.43. The van der Waals surface area contributed by atoms with Crippen molar-refractivity contribution < 1.29 is 14.6 Å². The van der Waals surface area contributed by atoms with Crippen molar-refractivity contribution in [2.24, 2.45) is 5.41 Å². The molecule has 0 aliphatic rings. The van der Waals surface area contributed by atoms with E-state index in [0.29, 0.717) is 12.2 Å². The van der Waals surface area contributed by atoms with Crippen LogP contribution in [-0.2, 0) is 17.6 Å². The van der Waals surface area contributed by atoms with Gasteiger partial charge >= 0.3 is 0 Å². The van der Waals surface area contributed by atoms with Crippen molar-refractivity contribution in [3.05, 3.63) is 23.5 Å². The van der Waals surface area contributed by atoms with Crippen molar-refractivity contribution in [2.45, 2.75) is 33.6 Å². The lowest BCUT2D eigenvalue weighted by atomic mass is 9.90. The minimum absolute atomic E-state index is 0.0995. The fraction of sp³-hybridized carbons (Fsp3) is 0.643. The maximum atomic E-state index is 9.09. The first-order valence-electron chi connectivity index (χ1n) is 6.16. The highest BCUT2D eigenvalue weighted by atomic mass is 16.7. The molecule has 0 aromatic carbocycles. The number of hydrogen-bond acceptors (Lipinski definition) is 4. The smallest absolute Gasteiger partial charge is 0.188 e. The molecule has 0 unspecified atom stereocenters. The molecule has 0 atom stereocenters. The molecule has 0 saturated carbocycles. The van der Waals surface area contributed by atoms with Gasteiger partial charge in [-0.25, -0.2) is 0 Å². The number of pyridine rings is 1. The second-order valence-electron chi connectivity index (χ2n) is 5.55. The van der Waals surface area contributed by atoms with Crippen LogP contribution in [0.1, 0.15) is 32.0 Å². The van der Waals surface area contributed by atoms with Crippen LogP contribution < -0.4 is 4.74 Å². The Labute approximate surface area is 109 Å². The molecule has 4 heteroatoms. The molecule has 0 aliphatic heterocycles. The molecule has 0 radical (unpaired) electrons. The average Bonchev–Trinajstić information content (AvgIpc) is 2.26. The van der Waals surface area contributed by atoms with E-state index in [9.17, 15) is 0 Å². The van der Waals surface area contributed by atoms with Gasteiger partial charge in [0.2, 0.25) is 0 Å². The lowest BCUT2D eigenvalue weighted by molar-refractivity contribution is 0.0499. The largest absolute Gasteiger partial charge is 0.466 e. The summed E-state index contributed by atoms with van der Waals surface area (Å²) in [5, 5.41) is 9.09. The number of rotatable bonds is 6. The Hall–Kier alpha value is -1.13. The lowest BCUT2D eigenvalue weighted by Crippen LogP contribution is -2.12. The van der Waals surface area contributed by atoms with Crippen molar-refractivity contribution in [3.8, 4) is 5.75 Å². The maximum Gasteiger partial charge on any atom is 0.188 e. The van der Waals surface area contributed by atoms with Gasteiger partial charge in [-0.1, -0.05) is 20.8 Å². The van der Waals surface area contributed by atoms with Crippen molar-refractivity contribution in [1.29, 1.82) is 0 Å². The van der Waals surface area contributed by atoms with Gasteiger partial charge in [0.25, 0.3) is 0 Å². The standard InChI is InChI=1S/C14H23NO3/c1-14(2,3)8-12-7-11(5-6-16)13(9-15-12)18-10-17-4/h7,9,16H,5-6,8,10H2,1-4H3. The Balaban J connectivity index is 2.88. The van der Waals surface area contributed by atoms with E-state index in [2.05, 4.69) is 25.8 Å².